The summed E-state index contributed by atoms with van der Waals surface area (Å²) in [5.74, 6) is -0.586. The van der Waals surface area contributed by atoms with Gasteiger partial charge in [-0.1, -0.05) is 50.5 Å². The average molecular weight is 350 g/mol. The molecule has 1 aromatic carbocycles. The Labute approximate surface area is 156 Å². The average Bonchev–Trinajstić information content (AvgIpc) is 2.67. The molecule has 0 spiro atoms. The maximum absolute atomic E-state index is 11.7. The van der Waals surface area contributed by atoms with Gasteiger partial charge in [-0.05, 0) is 37.1 Å². The van der Waals surface area contributed by atoms with Crippen LogP contribution in [0.3, 0.4) is 0 Å². The minimum absolute atomic E-state index is 0.00669. The molecule has 1 aliphatic rings. The number of unbranched alkanes of at least 4 members (excludes halogenated alkanes) is 3. The first-order chi connectivity index (χ1) is 12.7. The van der Waals surface area contributed by atoms with Gasteiger partial charge in [0, 0.05) is 24.0 Å². The Kier molecular flexibility index (Phi) is 7.70. The van der Waals surface area contributed by atoms with Crippen LogP contribution in [0, 0.1) is 11.3 Å². The molecule has 0 saturated heterocycles. The molecule has 136 valence electrons. The number of carbonyl (C=O) groups is 1. The SMILES string of the molecule is CCCCCCN1C=CC(=C/C=C(\C#N)C(=O)OCC)c2ccccc21. The number of para-hydroxylation sites is 1. The van der Waals surface area contributed by atoms with E-state index in [-0.39, 0.29) is 12.2 Å². The van der Waals surface area contributed by atoms with Crippen LogP contribution in [0.2, 0.25) is 0 Å². The molecule has 0 fully saturated rings. The number of carbonyl (C=O) groups excluding carboxylic acids is 1. The van der Waals surface area contributed by atoms with E-state index in [1.807, 2.05) is 24.3 Å². The van der Waals surface area contributed by atoms with Crippen molar-refractivity contribution in [1.82, 2.24) is 0 Å². The molecule has 2 rings (SSSR count). The van der Waals surface area contributed by atoms with Crippen molar-refractivity contribution < 1.29 is 9.53 Å². The highest BCUT2D eigenvalue weighted by molar-refractivity contribution is 5.94. The van der Waals surface area contributed by atoms with E-state index in [1.54, 1.807) is 13.0 Å². The van der Waals surface area contributed by atoms with E-state index in [0.29, 0.717) is 0 Å². The van der Waals surface area contributed by atoms with Gasteiger partial charge in [0.15, 0.2) is 0 Å². The number of anilines is 1. The summed E-state index contributed by atoms with van der Waals surface area (Å²) in [6, 6.07) is 10.1. The van der Waals surface area contributed by atoms with Gasteiger partial charge in [0.05, 0.1) is 6.61 Å². The van der Waals surface area contributed by atoms with Gasteiger partial charge in [-0.3, -0.25) is 0 Å². The van der Waals surface area contributed by atoms with Crippen LogP contribution in [0.15, 0.2) is 54.3 Å². The Morgan fingerprint density at radius 2 is 2.04 bits per heavy atom. The molecule has 0 atom stereocenters. The van der Waals surface area contributed by atoms with Gasteiger partial charge in [0.25, 0.3) is 0 Å². The summed E-state index contributed by atoms with van der Waals surface area (Å²) in [5, 5.41) is 9.16. The fourth-order valence-electron chi connectivity index (χ4n) is 2.89. The van der Waals surface area contributed by atoms with Crippen molar-refractivity contribution in [3.63, 3.8) is 0 Å². The Bertz CT molecular complexity index is 754. The van der Waals surface area contributed by atoms with Crippen LogP contribution in [0.4, 0.5) is 5.69 Å². The molecule has 0 unspecified atom stereocenters. The predicted molar refractivity (Wildman–Crippen MR) is 105 cm³/mol. The third-order valence-corrected chi connectivity index (χ3v) is 4.26. The summed E-state index contributed by atoms with van der Waals surface area (Å²) >= 11 is 0. The molecule has 26 heavy (non-hydrogen) atoms. The highest BCUT2D eigenvalue weighted by Gasteiger charge is 2.15. The lowest BCUT2D eigenvalue weighted by molar-refractivity contribution is -0.138. The molecule has 0 aliphatic carbocycles. The molecule has 1 heterocycles. The second-order valence-corrected chi connectivity index (χ2v) is 6.12. The lowest BCUT2D eigenvalue weighted by Gasteiger charge is -2.27. The number of hydrogen-bond acceptors (Lipinski definition) is 4. The Hall–Kier alpha value is -2.80. The minimum Gasteiger partial charge on any atom is -0.462 e. The summed E-state index contributed by atoms with van der Waals surface area (Å²) in [4.78, 5) is 14.0. The zero-order valence-corrected chi connectivity index (χ0v) is 15.6. The Morgan fingerprint density at radius 3 is 2.77 bits per heavy atom. The minimum atomic E-state index is -0.586. The summed E-state index contributed by atoms with van der Waals surface area (Å²) in [6.45, 7) is 5.18. The molecule has 0 amide bonds. The van der Waals surface area contributed by atoms with Crippen LogP contribution in [-0.2, 0) is 9.53 Å². The monoisotopic (exact) mass is 350 g/mol. The highest BCUT2D eigenvalue weighted by atomic mass is 16.5. The van der Waals surface area contributed by atoms with Crippen molar-refractivity contribution in [2.75, 3.05) is 18.1 Å². The fourth-order valence-corrected chi connectivity index (χ4v) is 2.89. The zero-order chi connectivity index (χ0) is 18.8. The summed E-state index contributed by atoms with van der Waals surface area (Å²) in [6.07, 6.45) is 12.3. The van der Waals surface area contributed by atoms with E-state index >= 15 is 0 Å². The van der Waals surface area contributed by atoms with Crippen molar-refractivity contribution in [3.05, 3.63) is 59.8 Å². The van der Waals surface area contributed by atoms with Gasteiger partial charge in [-0.25, -0.2) is 4.79 Å². The molecule has 0 N–H and O–H groups in total. The van der Waals surface area contributed by atoms with Gasteiger partial charge in [0.2, 0.25) is 0 Å². The first-order valence-electron chi connectivity index (χ1n) is 9.24. The number of hydrogen-bond donors (Lipinski definition) is 0. The lowest BCUT2D eigenvalue weighted by Crippen LogP contribution is -2.21. The molecular weight excluding hydrogens is 324 g/mol. The zero-order valence-electron chi connectivity index (χ0n) is 15.6. The van der Waals surface area contributed by atoms with Gasteiger partial charge in [-0.15, -0.1) is 0 Å². The number of nitriles is 1. The maximum Gasteiger partial charge on any atom is 0.348 e. The number of ether oxygens (including phenoxy) is 1. The molecule has 1 aromatic rings. The number of fused-ring (bicyclic) bond motifs is 1. The topological polar surface area (TPSA) is 53.3 Å². The number of rotatable bonds is 8. The lowest BCUT2D eigenvalue weighted by atomic mass is 9.98. The standard InChI is InChI=1S/C22H26N2O2/c1-3-5-6-9-15-24-16-14-18(20-10-7-8-11-21(20)24)12-13-19(17-23)22(25)26-4-2/h7-8,10-14,16H,3-6,9,15H2,1-2H3/b18-12?,19-13+. The van der Waals surface area contributed by atoms with E-state index < -0.39 is 5.97 Å². The maximum atomic E-state index is 11.7. The first kappa shape index (κ1) is 19.5. The second kappa shape index (κ2) is 10.2. The van der Waals surface area contributed by atoms with Crippen LogP contribution in [0.1, 0.15) is 45.1 Å². The van der Waals surface area contributed by atoms with Crippen LogP contribution in [0.25, 0.3) is 5.57 Å². The molecule has 0 radical (unpaired) electrons. The molecule has 0 bridgehead atoms. The smallest absolute Gasteiger partial charge is 0.348 e. The van der Waals surface area contributed by atoms with Crippen LogP contribution in [-0.4, -0.2) is 19.1 Å². The highest BCUT2D eigenvalue weighted by Crippen LogP contribution is 2.33. The Morgan fingerprint density at radius 1 is 1.23 bits per heavy atom. The quantitative estimate of drug-likeness (QED) is 0.287. The Balaban J connectivity index is 2.22. The normalized spacial score (nSPS) is 14.9. The third-order valence-electron chi connectivity index (χ3n) is 4.26. The van der Waals surface area contributed by atoms with Gasteiger partial charge in [0.1, 0.15) is 11.6 Å². The molecular formula is C22H26N2O2. The van der Waals surface area contributed by atoms with Gasteiger partial charge < -0.3 is 9.64 Å². The van der Waals surface area contributed by atoms with E-state index in [2.05, 4.69) is 30.2 Å². The number of esters is 1. The van der Waals surface area contributed by atoms with Crippen LogP contribution < -0.4 is 4.90 Å². The van der Waals surface area contributed by atoms with E-state index in [4.69, 9.17) is 10.00 Å². The van der Waals surface area contributed by atoms with Crippen molar-refractivity contribution in [2.24, 2.45) is 0 Å². The summed E-state index contributed by atoms with van der Waals surface area (Å²) in [5.41, 5.74) is 3.23. The third kappa shape index (κ3) is 5.10. The van der Waals surface area contributed by atoms with Gasteiger partial charge >= 0.3 is 5.97 Å². The summed E-state index contributed by atoms with van der Waals surface area (Å²) < 4.78 is 4.90. The number of benzene rings is 1. The largest absolute Gasteiger partial charge is 0.462 e. The number of nitrogens with zero attached hydrogens (tertiary/aromatic N) is 2. The molecule has 4 nitrogen and oxygen atoms in total. The second-order valence-electron chi connectivity index (χ2n) is 6.12. The van der Waals surface area contributed by atoms with E-state index in [0.717, 1.165) is 29.8 Å². The molecule has 1 aliphatic heterocycles. The number of allylic oxidation sites excluding steroid dienone is 4. The van der Waals surface area contributed by atoms with Crippen molar-refractivity contribution in [1.29, 1.82) is 5.26 Å². The molecule has 4 heteroatoms. The first-order valence-corrected chi connectivity index (χ1v) is 9.24. The van der Waals surface area contributed by atoms with Crippen molar-refractivity contribution in [2.45, 2.75) is 39.5 Å². The molecule has 0 aromatic heterocycles. The predicted octanol–water partition coefficient (Wildman–Crippen LogP) is 5.00. The fraction of sp³-hybridized carbons (Fsp3) is 0.364. The van der Waals surface area contributed by atoms with Crippen molar-refractivity contribution >= 4 is 17.2 Å². The van der Waals surface area contributed by atoms with Crippen LogP contribution in [0.5, 0.6) is 0 Å². The van der Waals surface area contributed by atoms with E-state index in [9.17, 15) is 4.79 Å². The van der Waals surface area contributed by atoms with Gasteiger partial charge in [-0.2, -0.15) is 5.26 Å². The van der Waals surface area contributed by atoms with E-state index in [1.165, 1.54) is 25.3 Å². The molecule has 0 saturated carbocycles. The summed E-state index contributed by atoms with van der Waals surface area (Å²) in [7, 11) is 0. The van der Waals surface area contributed by atoms with Crippen molar-refractivity contribution in [3.8, 4) is 6.07 Å². The van der Waals surface area contributed by atoms with Crippen LogP contribution >= 0.6 is 0 Å².